The maximum atomic E-state index is 11.9. The molecule has 2 rings (SSSR count). The second kappa shape index (κ2) is 7.07. The first-order valence-electron chi connectivity index (χ1n) is 6.45. The van der Waals surface area contributed by atoms with E-state index in [1.54, 1.807) is 18.2 Å². The lowest BCUT2D eigenvalue weighted by atomic mass is 10.1. The van der Waals surface area contributed by atoms with Crippen LogP contribution in [0.15, 0.2) is 30.3 Å². The summed E-state index contributed by atoms with van der Waals surface area (Å²) < 4.78 is 0. The van der Waals surface area contributed by atoms with Crippen molar-refractivity contribution in [3.05, 3.63) is 41.0 Å². The SMILES string of the molecule is CNCCCNC(=O)c1cc(-c2ccc(Cl)cc2)n[nH]1. The van der Waals surface area contributed by atoms with Gasteiger partial charge >= 0.3 is 0 Å². The number of aromatic amines is 1. The molecule has 1 amide bonds. The van der Waals surface area contributed by atoms with Crippen molar-refractivity contribution in [3.63, 3.8) is 0 Å². The molecule has 0 bridgehead atoms. The van der Waals surface area contributed by atoms with Gasteiger partial charge in [-0.05, 0) is 38.2 Å². The van der Waals surface area contributed by atoms with Crippen molar-refractivity contribution >= 4 is 17.5 Å². The minimum Gasteiger partial charge on any atom is -0.351 e. The fourth-order valence-electron chi connectivity index (χ4n) is 1.77. The number of nitrogens with one attached hydrogen (secondary N) is 3. The number of halogens is 1. The highest BCUT2D eigenvalue weighted by molar-refractivity contribution is 6.30. The third-order valence-electron chi connectivity index (χ3n) is 2.85. The fourth-order valence-corrected chi connectivity index (χ4v) is 1.89. The van der Waals surface area contributed by atoms with E-state index < -0.39 is 0 Å². The first kappa shape index (κ1) is 14.6. The second-order valence-corrected chi connectivity index (χ2v) is 4.82. The molecule has 0 atom stereocenters. The van der Waals surface area contributed by atoms with Crippen molar-refractivity contribution in [1.82, 2.24) is 20.8 Å². The molecule has 0 saturated heterocycles. The van der Waals surface area contributed by atoms with Gasteiger partial charge in [-0.15, -0.1) is 0 Å². The zero-order chi connectivity index (χ0) is 14.4. The number of hydrogen-bond acceptors (Lipinski definition) is 3. The van der Waals surface area contributed by atoms with E-state index in [2.05, 4.69) is 20.8 Å². The van der Waals surface area contributed by atoms with Crippen molar-refractivity contribution in [2.24, 2.45) is 0 Å². The van der Waals surface area contributed by atoms with Crippen LogP contribution in [-0.2, 0) is 0 Å². The Morgan fingerprint density at radius 1 is 1.30 bits per heavy atom. The molecule has 0 saturated carbocycles. The third kappa shape index (κ3) is 3.82. The van der Waals surface area contributed by atoms with E-state index >= 15 is 0 Å². The van der Waals surface area contributed by atoms with Gasteiger partial charge < -0.3 is 10.6 Å². The number of H-pyrrole nitrogens is 1. The second-order valence-electron chi connectivity index (χ2n) is 4.39. The molecule has 1 aromatic heterocycles. The van der Waals surface area contributed by atoms with E-state index in [1.165, 1.54) is 0 Å². The summed E-state index contributed by atoms with van der Waals surface area (Å²) >= 11 is 5.84. The Morgan fingerprint density at radius 2 is 2.05 bits per heavy atom. The first-order valence-corrected chi connectivity index (χ1v) is 6.82. The normalized spacial score (nSPS) is 10.5. The topological polar surface area (TPSA) is 69.8 Å². The van der Waals surface area contributed by atoms with Crippen LogP contribution in [0, 0.1) is 0 Å². The quantitative estimate of drug-likeness (QED) is 0.714. The van der Waals surface area contributed by atoms with Crippen molar-refractivity contribution in [2.45, 2.75) is 6.42 Å². The summed E-state index contributed by atoms with van der Waals surface area (Å²) in [6, 6.07) is 9.06. The number of nitrogens with zero attached hydrogens (tertiary/aromatic N) is 1. The number of carbonyl (C=O) groups excluding carboxylic acids is 1. The summed E-state index contributed by atoms with van der Waals surface area (Å²) in [5, 5.41) is 13.4. The molecule has 2 aromatic rings. The van der Waals surface area contributed by atoms with Gasteiger partial charge in [0.2, 0.25) is 0 Å². The summed E-state index contributed by atoms with van der Waals surface area (Å²) in [4.78, 5) is 11.9. The van der Waals surface area contributed by atoms with E-state index in [-0.39, 0.29) is 5.91 Å². The summed E-state index contributed by atoms with van der Waals surface area (Å²) in [5.41, 5.74) is 2.10. The van der Waals surface area contributed by atoms with Crippen LogP contribution < -0.4 is 10.6 Å². The number of benzene rings is 1. The Balaban J connectivity index is 1.98. The Kier molecular flexibility index (Phi) is 5.15. The van der Waals surface area contributed by atoms with Gasteiger partial charge in [0.05, 0.1) is 5.69 Å². The first-order chi connectivity index (χ1) is 9.70. The molecule has 1 aromatic carbocycles. The molecule has 6 heteroatoms. The average molecular weight is 293 g/mol. The molecule has 3 N–H and O–H groups in total. The number of amides is 1. The average Bonchev–Trinajstić information content (AvgIpc) is 2.94. The monoisotopic (exact) mass is 292 g/mol. The van der Waals surface area contributed by atoms with Crippen LogP contribution in [-0.4, -0.2) is 36.2 Å². The molecule has 0 aliphatic carbocycles. The van der Waals surface area contributed by atoms with Crippen LogP contribution >= 0.6 is 11.6 Å². The maximum absolute atomic E-state index is 11.9. The summed E-state index contributed by atoms with van der Waals surface area (Å²) in [6.45, 7) is 1.51. The minimum absolute atomic E-state index is 0.145. The molecule has 0 aliphatic heterocycles. The van der Waals surface area contributed by atoms with Gasteiger partial charge in [0, 0.05) is 17.1 Å². The number of hydrogen-bond donors (Lipinski definition) is 3. The third-order valence-corrected chi connectivity index (χ3v) is 3.10. The van der Waals surface area contributed by atoms with E-state index in [4.69, 9.17) is 11.6 Å². The molecular formula is C14H17ClN4O. The Morgan fingerprint density at radius 3 is 2.75 bits per heavy atom. The fraction of sp³-hybridized carbons (Fsp3) is 0.286. The zero-order valence-electron chi connectivity index (χ0n) is 11.2. The van der Waals surface area contributed by atoms with Crippen molar-refractivity contribution in [1.29, 1.82) is 0 Å². The lowest BCUT2D eigenvalue weighted by molar-refractivity contribution is 0.0948. The summed E-state index contributed by atoms with van der Waals surface area (Å²) in [7, 11) is 1.88. The number of carbonyl (C=O) groups is 1. The molecular weight excluding hydrogens is 276 g/mol. The van der Waals surface area contributed by atoms with Gasteiger partial charge in [0.1, 0.15) is 5.69 Å². The van der Waals surface area contributed by atoms with Crippen molar-refractivity contribution in [2.75, 3.05) is 20.1 Å². The van der Waals surface area contributed by atoms with Crippen molar-refractivity contribution in [3.8, 4) is 11.3 Å². The highest BCUT2D eigenvalue weighted by Gasteiger charge is 2.10. The smallest absolute Gasteiger partial charge is 0.269 e. The standard InChI is InChI=1S/C14H17ClN4O/c1-16-7-2-8-17-14(20)13-9-12(18-19-13)10-3-5-11(15)6-4-10/h3-6,9,16H,2,7-8H2,1H3,(H,17,20)(H,18,19). The van der Waals surface area contributed by atoms with Crippen LogP contribution in [0.1, 0.15) is 16.9 Å². The molecule has 106 valence electrons. The van der Waals surface area contributed by atoms with E-state index in [0.717, 1.165) is 24.2 Å². The van der Waals surface area contributed by atoms with Gasteiger partial charge in [-0.3, -0.25) is 9.89 Å². The molecule has 0 radical (unpaired) electrons. The Bertz CT molecular complexity index is 565. The molecule has 0 aliphatic rings. The minimum atomic E-state index is -0.145. The highest BCUT2D eigenvalue weighted by Crippen LogP contribution is 2.20. The summed E-state index contributed by atoms with van der Waals surface area (Å²) in [5.74, 6) is -0.145. The molecule has 0 unspecified atom stereocenters. The Hall–Kier alpha value is -1.85. The van der Waals surface area contributed by atoms with Gasteiger partial charge in [-0.25, -0.2) is 0 Å². The van der Waals surface area contributed by atoms with E-state index in [9.17, 15) is 4.79 Å². The largest absolute Gasteiger partial charge is 0.351 e. The highest BCUT2D eigenvalue weighted by atomic mass is 35.5. The lowest BCUT2D eigenvalue weighted by Crippen LogP contribution is -2.26. The maximum Gasteiger partial charge on any atom is 0.269 e. The molecule has 0 spiro atoms. The van der Waals surface area contributed by atoms with Gasteiger partial charge in [0.15, 0.2) is 0 Å². The lowest BCUT2D eigenvalue weighted by Gasteiger charge is -2.02. The predicted molar refractivity (Wildman–Crippen MR) is 79.9 cm³/mol. The number of rotatable bonds is 6. The van der Waals surface area contributed by atoms with Crippen LogP contribution in [0.3, 0.4) is 0 Å². The summed E-state index contributed by atoms with van der Waals surface area (Å²) in [6.07, 6.45) is 0.889. The van der Waals surface area contributed by atoms with Crippen molar-refractivity contribution < 1.29 is 4.79 Å². The van der Waals surface area contributed by atoms with Gasteiger partial charge in [0.25, 0.3) is 5.91 Å². The molecule has 0 fully saturated rings. The molecule has 1 heterocycles. The Labute approximate surface area is 122 Å². The van der Waals surface area contributed by atoms with Crippen LogP contribution in [0.25, 0.3) is 11.3 Å². The number of aromatic nitrogens is 2. The van der Waals surface area contributed by atoms with Gasteiger partial charge in [-0.2, -0.15) is 5.10 Å². The predicted octanol–water partition coefficient (Wildman–Crippen LogP) is 2.07. The van der Waals surface area contributed by atoms with Crippen LogP contribution in [0.4, 0.5) is 0 Å². The zero-order valence-corrected chi connectivity index (χ0v) is 12.0. The van der Waals surface area contributed by atoms with Crippen LogP contribution in [0.5, 0.6) is 0 Å². The van der Waals surface area contributed by atoms with E-state index in [0.29, 0.717) is 17.3 Å². The van der Waals surface area contributed by atoms with Crippen LogP contribution in [0.2, 0.25) is 5.02 Å². The van der Waals surface area contributed by atoms with Gasteiger partial charge in [-0.1, -0.05) is 23.7 Å². The molecule has 20 heavy (non-hydrogen) atoms. The van der Waals surface area contributed by atoms with E-state index in [1.807, 2.05) is 19.2 Å². The molecule has 5 nitrogen and oxygen atoms in total.